The largest absolute Gasteiger partial charge is 0.478 e. The van der Waals surface area contributed by atoms with Gasteiger partial charge in [-0.05, 0) is 18.1 Å². The third kappa shape index (κ3) is 3.46. The number of hydrogen-bond donors (Lipinski definition) is 1. The maximum Gasteiger partial charge on any atom is 0.331 e. The first-order chi connectivity index (χ1) is 8.25. The fourth-order valence-electron chi connectivity index (χ4n) is 1.23. The van der Waals surface area contributed by atoms with Crippen LogP contribution in [0.4, 0.5) is 0 Å². The molecule has 1 unspecified atom stereocenters. The van der Waals surface area contributed by atoms with E-state index in [1.54, 1.807) is 0 Å². The second-order valence-electron chi connectivity index (χ2n) is 3.47. The fourth-order valence-corrected chi connectivity index (χ4v) is 2.60. The van der Waals surface area contributed by atoms with Crippen LogP contribution in [-0.4, -0.2) is 11.1 Å². The lowest BCUT2D eigenvalue weighted by Gasteiger charge is -2.14. The number of carboxylic acids is 1. The molecule has 0 saturated heterocycles. The lowest BCUT2D eigenvalue weighted by atomic mass is 10.0. The number of hydrogen-bond acceptors (Lipinski definition) is 1. The van der Waals surface area contributed by atoms with E-state index in [0.717, 1.165) is 0 Å². The lowest BCUT2D eigenvalue weighted by Crippen LogP contribution is -2.03. The number of carbonyl (C=O) groups is 1. The van der Waals surface area contributed by atoms with Crippen molar-refractivity contribution >= 4 is 64.0 Å². The summed E-state index contributed by atoms with van der Waals surface area (Å²) in [5.41, 5.74) is 0.383. The summed E-state index contributed by atoms with van der Waals surface area (Å²) < 4.78 is 0. The van der Waals surface area contributed by atoms with Gasteiger partial charge in [0.1, 0.15) is 0 Å². The molecular formula is C11H7Cl5O2. The zero-order chi connectivity index (χ0) is 14.0. The van der Waals surface area contributed by atoms with E-state index in [1.807, 2.05) is 0 Å². The van der Waals surface area contributed by atoms with Crippen molar-refractivity contribution in [3.05, 3.63) is 43.9 Å². The maximum atomic E-state index is 10.7. The van der Waals surface area contributed by atoms with E-state index in [-0.39, 0.29) is 32.1 Å². The number of alkyl halides is 1. The van der Waals surface area contributed by atoms with Crippen LogP contribution in [0.3, 0.4) is 0 Å². The average molecular weight is 348 g/mol. The van der Waals surface area contributed by atoms with Gasteiger partial charge in [-0.25, -0.2) is 4.79 Å². The molecule has 2 nitrogen and oxygen atoms in total. The van der Waals surface area contributed by atoms with E-state index in [4.69, 9.17) is 63.1 Å². The van der Waals surface area contributed by atoms with Crippen molar-refractivity contribution < 1.29 is 9.90 Å². The number of carboxylic acid groups (broad SMARTS) is 1. The van der Waals surface area contributed by atoms with Crippen LogP contribution in [0, 0.1) is 0 Å². The lowest BCUT2D eigenvalue weighted by molar-refractivity contribution is -0.132. The van der Waals surface area contributed by atoms with E-state index in [9.17, 15) is 4.79 Å². The number of aliphatic carboxylic acids is 1. The Hall–Kier alpha value is -0.120. The summed E-state index contributed by atoms with van der Waals surface area (Å²) >= 11 is 29.6. The molecule has 0 fully saturated rings. The molecule has 0 radical (unpaired) electrons. The highest BCUT2D eigenvalue weighted by Gasteiger charge is 2.21. The molecule has 0 aromatic heterocycles. The van der Waals surface area contributed by atoms with Crippen molar-refractivity contribution in [1.82, 2.24) is 0 Å². The molecule has 0 amide bonds. The van der Waals surface area contributed by atoms with Crippen LogP contribution in [-0.2, 0) is 4.79 Å². The molecular weight excluding hydrogens is 341 g/mol. The quantitative estimate of drug-likeness (QED) is 0.332. The van der Waals surface area contributed by atoms with E-state index >= 15 is 0 Å². The van der Waals surface area contributed by atoms with Crippen LogP contribution in [0.1, 0.15) is 17.4 Å². The van der Waals surface area contributed by atoms with Crippen LogP contribution < -0.4 is 0 Å². The van der Waals surface area contributed by atoms with E-state index in [2.05, 4.69) is 6.58 Å². The van der Waals surface area contributed by atoms with Gasteiger partial charge < -0.3 is 5.11 Å². The average Bonchev–Trinajstić information content (AvgIpc) is 2.30. The fraction of sp³-hybridized carbons (Fsp3) is 0.182. The van der Waals surface area contributed by atoms with Gasteiger partial charge >= 0.3 is 5.97 Å². The Morgan fingerprint density at radius 1 is 1.22 bits per heavy atom. The molecule has 0 aliphatic rings. The van der Waals surface area contributed by atoms with E-state index in [1.165, 1.54) is 6.07 Å². The summed E-state index contributed by atoms with van der Waals surface area (Å²) in [6.45, 7) is 3.39. The summed E-state index contributed by atoms with van der Waals surface area (Å²) in [6.07, 6.45) is 0.0187. The summed E-state index contributed by atoms with van der Waals surface area (Å²) in [4.78, 5) is 10.7. The Bertz CT molecular complexity index is 513. The minimum atomic E-state index is -1.12. The minimum absolute atomic E-state index is 0.0187. The Labute approximate surface area is 129 Å². The molecule has 0 heterocycles. The molecule has 7 heteroatoms. The summed E-state index contributed by atoms with van der Waals surface area (Å²) in [6, 6.07) is 1.46. The maximum absolute atomic E-state index is 10.7. The van der Waals surface area contributed by atoms with Gasteiger partial charge in [0.15, 0.2) is 0 Å². The smallest absolute Gasteiger partial charge is 0.331 e. The van der Waals surface area contributed by atoms with Crippen molar-refractivity contribution in [2.75, 3.05) is 0 Å². The van der Waals surface area contributed by atoms with Gasteiger partial charge in [0.05, 0.1) is 25.5 Å². The molecule has 0 bridgehead atoms. The molecule has 1 N–H and O–H groups in total. The molecule has 18 heavy (non-hydrogen) atoms. The minimum Gasteiger partial charge on any atom is -0.478 e. The molecule has 1 atom stereocenters. The third-order valence-corrected chi connectivity index (χ3v) is 4.35. The monoisotopic (exact) mass is 346 g/mol. The van der Waals surface area contributed by atoms with Gasteiger partial charge in [-0.15, -0.1) is 11.6 Å². The predicted octanol–water partition coefficient (Wildman–Crippen LogP) is 5.61. The van der Waals surface area contributed by atoms with Crippen molar-refractivity contribution in [2.45, 2.75) is 11.8 Å². The second-order valence-corrected chi connectivity index (χ2v) is 5.54. The molecule has 0 aliphatic carbocycles. The third-order valence-electron chi connectivity index (χ3n) is 2.20. The highest BCUT2D eigenvalue weighted by Crippen LogP contribution is 2.43. The van der Waals surface area contributed by atoms with Crippen LogP contribution >= 0.6 is 58.0 Å². The summed E-state index contributed by atoms with van der Waals surface area (Å²) in [5.74, 6) is -1.12. The first-order valence-electron chi connectivity index (χ1n) is 4.63. The van der Waals surface area contributed by atoms with Crippen molar-refractivity contribution in [3.8, 4) is 0 Å². The van der Waals surface area contributed by atoms with E-state index in [0.29, 0.717) is 5.56 Å². The van der Waals surface area contributed by atoms with Gasteiger partial charge in [-0.1, -0.05) is 53.0 Å². The molecule has 1 rings (SSSR count). The van der Waals surface area contributed by atoms with Gasteiger partial charge in [0.25, 0.3) is 0 Å². The van der Waals surface area contributed by atoms with Crippen molar-refractivity contribution in [3.63, 3.8) is 0 Å². The second kappa shape index (κ2) is 6.36. The number of rotatable bonds is 4. The summed E-state index contributed by atoms with van der Waals surface area (Å²) in [7, 11) is 0. The number of halogens is 5. The molecule has 1 aromatic rings. The van der Waals surface area contributed by atoms with Crippen LogP contribution in [0.25, 0.3) is 0 Å². The Morgan fingerprint density at radius 3 is 2.28 bits per heavy atom. The first kappa shape index (κ1) is 15.9. The standard InChI is InChI=1S/C11H7Cl5O2/c1-4(11(17)18)2-6(12)5-3-7(13)9(15)10(16)8(5)14/h3,6H,1-2H2,(H,17,18). The van der Waals surface area contributed by atoms with Crippen LogP contribution in [0.2, 0.25) is 20.1 Å². The predicted molar refractivity (Wildman–Crippen MR) is 76.5 cm³/mol. The number of benzene rings is 1. The molecule has 1 aromatic carbocycles. The first-order valence-corrected chi connectivity index (χ1v) is 6.58. The Kier molecular flexibility index (Phi) is 5.63. The van der Waals surface area contributed by atoms with Gasteiger partial charge in [-0.2, -0.15) is 0 Å². The molecule has 98 valence electrons. The Morgan fingerprint density at radius 2 is 1.78 bits per heavy atom. The van der Waals surface area contributed by atoms with Crippen LogP contribution in [0.5, 0.6) is 0 Å². The summed E-state index contributed by atoms with van der Waals surface area (Å²) in [5, 5.41) is 8.62. The zero-order valence-corrected chi connectivity index (χ0v) is 12.6. The highest BCUT2D eigenvalue weighted by molar-refractivity contribution is 6.52. The van der Waals surface area contributed by atoms with Crippen molar-refractivity contribution in [1.29, 1.82) is 0 Å². The molecule has 0 saturated carbocycles. The Balaban J connectivity index is 3.11. The molecule has 0 aliphatic heterocycles. The zero-order valence-electron chi connectivity index (χ0n) is 8.81. The SMILES string of the molecule is C=C(CC(Cl)c1cc(Cl)c(Cl)c(Cl)c1Cl)C(=O)O. The van der Waals surface area contributed by atoms with Gasteiger partial charge in [0, 0.05) is 5.57 Å². The highest BCUT2D eigenvalue weighted by atomic mass is 35.5. The van der Waals surface area contributed by atoms with Gasteiger partial charge in [0.2, 0.25) is 0 Å². The molecule has 0 spiro atoms. The normalized spacial score (nSPS) is 12.3. The van der Waals surface area contributed by atoms with Crippen molar-refractivity contribution in [2.24, 2.45) is 0 Å². The van der Waals surface area contributed by atoms with Crippen LogP contribution in [0.15, 0.2) is 18.2 Å². The topological polar surface area (TPSA) is 37.3 Å². The van der Waals surface area contributed by atoms with Gasteiger partial charge in [-0.3, -0.25) is 0 Å². The van der Waals surface area contributed by atoms with E-state index < -0.39 is 11.3 Å².